The molecular weight excluding hydrogens is 369 g/mol. The fourth-order valence-corrected chi connectivity index (χ4v) is 3.66. The van der Waals surface area contributed by atoms with Crippen LogP contribution in [0.4, 0.5) is 15.8 Å². The molecule has 0 unspecified atom stereocenters. The third-order valence-electron chi connectivity index (χ3n) is 4.53. The van der Waals surface area contributed by atoms with Crippen LogP contribution < -0.4 is 10.2 Å². The van der Waals surface area contributed by atoms with Crippen LogP contribution >= 0.6 is 0 Å². The van der Waals surface area contributed by atoms with E-state index >= 15 is 0 Å². The van der Waals surface area contributed by atoms with Gasteiger partial charge >= 0.3 is 0 Å². The van der Waals surface area contributed by atoms with Gasteiger partial charge in [0.25, 0.3) is 0 Å². The first-order valence-electron chi connectivity index (χ1n) is 8.65. The van der Waals surface area contributed by atoms with Crippen molar-refractivity contribution in [2.75, 3.05) is 49.2 Å². The highest BCUT2D eigenvalue weighted by molar-refractivity contribution is 7.90. The second-order valence-corrected chi connectivity index (χ2v) is 8.51. The van der Waals surface area contributed by atoms with Crippen LogP contribution in [-0.2, 0) is 14.6 Å². The van der Waals surface area contributed by atoms with Crippen LogP contribution in [0.25, 0.3) is 0 Å². The number of nitrogens with one attached hydrogen (secondary N) is 1. The molecule has 2 aromatic rings. The lowest BCUT2D eigenvalue weighted by Crippen LogP contribution is -2.50. The van der Waals surface area contributed by atoms with Gasteiger partial charge in [0.05, 0.1) is 11.4 Å². The van der Waals surface area contributed by atoms with Crippen LogP contribution in [0.3, 0.4) is 0 Å². The molecule has 6 nitrogen and oxygen atoms in total. The molecule has 1 saturated heterocycles. The average molecular weight is 391 g/mol. The first-order valence-corrected chi connectivity index (χ1v) is 10.5. The van der Waals surface area contributed by atoms with E-state index in [0.29, 0.717) is 31.9 Å². The van der Waals surface area contributed by atoms with E-state index in [9.17, 15) is 17.6 Å². The highest BCUT2D eigenvalue weighted by atomic mass is 32.2. The Labute approximate surface area is 158 Å². The fourth-order valence-electron chi connectivity index (χ4n) is 2.99. The fraction of sp³-hybridized carbons (Fsp3) is 0.316. The molecule has 1 N–H and O–H groups in total. The summed E-state index contributed by atoms with van der Waals surface area (Å²) in [5, 5.41) is 2.99. The molecule has 0 atom stereocenters. The number of halogens is 1. The van der Waals surface area contributed by atoms with Crippen molar-refractivity contribution >= 4 is 27.1 Å². The van der Waals surface area contributed by atoms with Crippen molar-refractivity contribution < 1.29 is 17.6 Å². The number of carbonyl (C=O) groups is 1. The van der Waals surface area contributed by atoms with E-state index in [-0.39, 0.29) is 23.2 Å². The van der Waals surface area contributed by atoms with E-state index in [1.54, 1.807) is 29.2 Å². The number of sulfone groups is 1. The van der Waals surface area contributed by atoms with Crippen molar-refractivity contribution in [1.82, 2.24) is 4.90 Å². The lowest BCUT2D eigenvalue weighted by Gasteiger charge is -2.36. The summed E-state index contributed by atoms with van der Waals surface area (Å²) in [6.45, 7) is 2.63. The Kier molecular flexibility index (Phi) is 5.65. The predicted molar refractivity (Wildman–Crippen MR) is 103 cm³/mol. The summed E-state index contributed by atoms with van der Waals surface area (Å²) in [7, 11) is -3.28. The first kappa shape index (κ1) is 19.2. The second-order valence-electron chi connectivity index (χ2n) is 6.50. The smallest absolute Gasteiger partial charge is 0.241 e. The SMILES string of the molecule is CS(=O)(=O)c1cccc(NCC(=O)N2CCN(c3ccc(F)cc3)CC2)c1. The lowest BCUT2D eigenvalue weighted by molar-refractivity contribution is -0.129. The molecule has 1 fully saturated rings. The van der Waals surface area contributed by atoms with Crippen LogP contribution in [0.15, 0.2) is 53.4 Å². The molecule has 0 aromatic heterocycles. The molecule has 0 saturated carbocycles. The Balaban J connectivity index is 1.52. The quantitative estimate of drug-likeness (QED) is 0.844. The molecule has 1 aliphatic rings. The van der Waals surface area contributed by atoms with Gasteiger partial charge in [0.2, 0.25) is 5.91 Å². The number of rotatable bonds is 5. The number of amides is 1. The second kappa shape index (κ2) is 7.96. The first-order chi connectivity index (χ1) is 12.8. The van der Waals surface area contributed by atoms with Gasteiger partial charge in [-0.1, -0.05) is 6.07 Å². The highest BCUT2D eigenvalue weighted by Gasteiger charge is 2.21. The van der Waals surface area contributed by atoms with E-state index in [1.807, 2.05) is 0 Å². The zero-order chi connectivity index (χ0) is 19.4. The third-order valence-corrected chi connectivity index (χ3v) is 5.64. The number of piperazine rings is 1. The molecule has 0 bridgehead atoms. The van der Waals surface area contributed by atoms with Gasteiger partial charge in [-0.25, -0.2) is 12.8 Å². The molecule has 0 spiro atoms. The van der Waals surface area contributed by atoms with Gasteiger partial charge in [0.1, 0.15) is 5.82 Å². The van der Waals surface area contributed by atoms with Crippen molar-refractivity contribution in [3.8, 4) is 0 Å². The third kappa shape index (κ3) is 4.97. The van der Waals surface area contributed by atoms with Crippen molar-refractivity contribution in [3.05, 3.63) is 54.3 Å². The van der Waals surface area contributed by atoms with Gasteiger partial charge in [0, 0.05) is 43.8 Å². The summed E-state index contributed by atoms with van der Waals surface area (Å²) in [5.41, 5.74) is 1.54. The summed E-state index contributed by atoms with van der Waals surface area (Å²) in [6.07, 6.45) is 1.15. The Morgan fingerprint density at radius 1 is 1.07 bits per heavy atom. The van der Waals surface area contributed by atoms with E-state index in [1.165, 1.54) is 24.3 Å². The van der Waals surface area contributed by atoms with Crippen LogP contribution in [0, 0.1) is 5.82 Å². The summed E-state index contributed by atoms with van der Waals surface area (Å²) >= 11 is 0. The van der Waals surface area contributed by atoms with E-state index in [2.05, 4.69) is 10.2 Å². The Morgan fingerprint density at radius 3 is 2.37 bits per heavy atom. The van der Waals surface area contributed by atoms with Gasteiger partial charge in [-0.05, 0) is 42.5 Å². The molecule has 2 aromatic carbocycles. The van der Waals surface area contributed by atoms with Crippen molar-refractivity contribution in [2.45, 2.75) is 4.90 Å². The number of hydrogen-bond acceptors (Lipinski definition) is 5. The molecule has 0 aliphatic carbocycles. The topological polar surface area (TPSA) is 69.7 Å². The molecule has 27 heavy (non-hydrogen) atoms. The average Bonchev–Trinajstić information content (AvgIpc) is 2.66. The van der Waals surface area contributed by atoms with Crippen LogP contribution in [0.1, 0.15) is 0 Å². The molecule has 1 amide bonds. The maximum Gasteiger partial charge on any atom is 0.241 e. The zero-order valence-corrected chi connectivity index (χ0v) is 15.9. The van der Waals surface area contributed by atoms with Crippen molar-refractivity contribution in [1.29, 1.82) is 0 Å². The molecule has 144 valence electrons. The summed E-state index contributed by atoms with van der Waals surface area (Å²) in [5.74, 6) is -0.308. The Bertz CT molecular complexity index is 908. The maximum absolute atomic E-state index is 13.0. The number of benzene rings is 2. The van der Waals surface area contributed by atoms with Gasteiger partial charge < -0.3 is 15.1 Å². The van der Waals surface area contributed by atoms with E-state index in [0.717, 1.165) is 11.9 Å². The largest absolute Gasteiger partial charge is 0.376 e. The molecule has 1 heterocycles. The van der Waals surface area contributed by atoms with Crippen molar-refractivity contribution in [2.24, 2.45) is 0 Å². The van der Waals surface area contributed by atoms with Gasteiger partial charge in [-0.3, -0.25) is 4.79 Å². The molecule has 1 aliphatic heterocycles. The zero-order valence-electron chi connectivity index (χ0n) is 15.1. The van der Waals surface area contributed by atoms with E-state index < -0.39 is 9.84 Å². The molecule has 8 heteroatoms. The van der Waals surface area contributed by atoms with Gasteiger partial charge in [-0.15, -0.1) is 0 Å². The molecule has 3 rings (SSSR count). The highest BCUT2D eigenvalue weighted by Crippen LogP contribution is 2.18. The molecular formula is C19H22FN3O3S. The van der Waals surface area contributed by atoms with Gasteiger partial charge in [0.15, 0.2) is 9.84 Å². The Morgan fingerprint density at radius 2 is 1.74 bits per heavy atom. The summed E-state index contributed by atoms with van der Waals surface area (Å²) in [4.78, 5) is 16.5. The minimum Gasteiger partial charge on any atom is -0.376 e. The van der Waals surface area contributed by atoms with Gasteiger partial charge in [-0.2, -0.15) is 0 Å². The number of hydrogen-bond donors (Lipinski definition) is 1. The summed E-state index contributed by atoms with van der Waals surface area (Å²) in [6, 6.07) is 12.8. The lowest BCUT2D eigenvalue weighted by atomic mass is 10.2. The summed E-state index contributed by atoms with van der Waals surface area (Å²) < 4.78 is 36.2. The monoisotopic (exact) mass is 391 g/mol. The standard InChI is InChI=1S/C19H22FN3O3S/c1-27(25,26)18-4-2-3-16(13-18)21-14-19(24)23-11-9-22(10-12-23)17-7-5-15(20)6-8-17/h2-8,13,21H,9-12,14H2,1H3. The number of carbonyl (C=O) groups excluding carboxylic acids is 1. The maximum atomic E-state index is 13.0. The van der Waals surface area contributed by atoms with Crippen LogP contribution in [0.2, 0.25) is 0 Å². The number of nitrogens with zero attached hydrogens (tertiary/aromatic N) is 2. The minimum absolute atomic E-state index is 0.0430. The Hall–Kier alpha value is -2.61. The van der Waals surface area contributed by atoms with Crippen LogP contribution in [0.5, 0.6) is 0 Å². The minimum atomic E-state index is -3.28. The normalized spacial score (nSPS) is 14.9. The van der Waals surface area contributed by atoms with E-state index in [4.69, 9.17) is 0 Å². The predicted octanol–water partition coefficient (Wildman–Crippen LogP) is 1.99. The van der Waals surface area contributed by atoms with Crippen molar-refractivity contribution in [3.63, 3.8) is 0 Å². The molecule has 0 radical (unpaired) electrons. The number of anilines is 2. The van der Waals surface area contributed by atoms with Crippen LogP contribution in [-0.4, -0.2) is 58.2 Å².